The second-order valence-electron chi connectivity index (χ2n) is 3.76. The molecule has 1 aromatic carbocycles. The van der Waals surface area contributed by atoms with Gasteiger partial charge < -0.3 is 5.32 Å². The van der Waals surface area contributed by atoms with Crippen LogP contribution >= 0.6 is 11.6 Å². The molecule has 0 unspecified atom stereocenters. The lowest BCUT2D eigenvalue weighted by Crippen LogP contribution is -2.13. The molecular formula is C12H8ClFN4O. The van der Waals surface area contributed by atoms with Crippen LogP contribution in [0.4, 0.5) is 10.2 Å². The van der Waals surface area contributed by atoms with Crippen LogP contribution in [0, 0.1) is 17.1 Å². The smallest absolute Gasteiger partial charge is 0.257 e. The van der Waals surface area contributed by atoms with E-state index < -0.39 is 11.7 Å². The Morgan fingerprint density at radius 3 is 2.95 bits per heavy atom. The van der Waals surface area contributed by atoms with E-state index in [1.807, 2.05) is 6.07 Å². The van der Waals surface area contributed by atoms with E-state index in [2.05, 4.69) is 10.4 Å². The molecule has 1 heterocycles. The quantitative estimate of drug-likeness (QED) is 0.916. The molecule has 0 aliphatic heterocycles. The maximum atomic E-state index is 13.2. The fraction of sp³-hybridized carbons (Fsp3) is 0.0833. The predicted octanol–water partition coefficient (Wildman–Crippen LogP) is 2.34. The van der Waals surface area contributed by atoms with Crippen molar-refractivity contribution in [3.8, 4) is 6.07 Å². The number of hydrogen-bond acceptors (Lipinski definition) is 3. The van der Waals surface area contributed by atoms with Gasteiger partial charge in [-0.15, -0.1) is 0 Å². The molecule has 5 nitrogen and oxygen atoms in total. The maximum absolute atomic E-state index is 13.2. The molecule has 0 spiro atoms. The van der Waals surface area contributed by atoms with Crippen molar-refractivity contribution in [2.24, 2.45) is 7.05 Å². The molecule has 1 aromatic heterocycles. The molecule has 0 saturated heterocycles. The third-order valence-corrected chi connectivity index (χ3v) is 2.67. The molecule has 0 radical (unpaired) electrons. The van der Waals surface area contributed by atoms with Gasteiger partial charge >= 0.3 is 0 Å². The third-order valence-electron chi connectivity index (χ3n) is 2.36. The number of aryl methyl sites for hydroxylation is 1. The first kappa shape index (κ1) is 13.1. The summed E-state index contributed by atoms with van der Waals surface area (Å²) in [6.07, 6.45) is 1.47. The van der Waals surface area contributed by atoms with Gasteiger partial charge in [-0.2, -0.15) is 10.4 Å². The van der Waals surface area contributed by atoms with E-state index in [1.165, 1.54) is 23.0 Å². The topological polar surface area (TPSA) is 70.7 Å². The van der Waals surface area contributed by atoms with E-state index in [9.17, 15) is 9.18 Å². The number of benzene rings is 1. The van der Waals surface area contributed by atoms with Gasteiger partial charge in [0.25, 0.3) is 5.91 Å². The summed E-state index contributed by atoms with van der Waals surface area (Å²) in [5, 5.41) is 15.2. The number of aromatic nitrogens is 2. The number of anilines is 1. The highest BCUT2D eigenvalue weighted by Gasteiger charge is 2.13. The number of nitrogens with one attached hydrogen (secondary N) is 1. The summed E-state index contributed by atoms with van der Waals surface area (Å²) in [7, 11) is 1.62. The van der Waals surface area contributed by atoms with Gasteiger partial charge in [-0.05, 0) is 18.2 Å². The molecule has 0 bridgehead atoms. The Morgan fingerprint density at radius 2 is 2.32 bits per heavy atom. The zero-order valence-corrected chi connectivity index (χ0v) is 10.6. The first-order valence-electron chi connectivity index (χ1n) is 5.21. The SMILES string of the molecule is Cn1cc(C#N)c(NC(=O)c2ccc(Cl)c(F)c2)n1. The van der Waals surface area contributed by atoms with Crippen LogP contribution in [0.25, 0.3) is 0 Å². The molecule has 0 aliphatic carbocycles. The average Bonchev–Trinajstić information content (AvgIpc) is 2.72. The molecule has 2 rings (SSSR count). The van der Waals surface area contributed by atoms with Gasteiger partial charge in [0, 0.05) is 18.8 Å². The van der Waals surface area contributed by atoms with Crippen molar-refractivity contribution in [2.45, 2.75) is 0 Å². The van der Waals surface area contributed by atoms with Gasteiger partial charge in [-0.3, -0.25) is 9.48 Å². The Morgan fingerprint density at radius 1 is 1.58 bits per heavy atom. The van der Waals surface area contributed by atoms with Crippen molar-refractivity contribution in [2.75, 3.05) is 5.32 Å². The van der Waals surface area contributed by atoms with E-state index in [1.54, 1.807) is 7.05 Å². The number of nitrogens with zero attached hydrogens (tertiary/aromatic N) is 3. The number of hydrogen-bond donors (Lipinski definition) is 1. The van der Waals surface area contributed by atoms with Crippen molar-refractivity contribution < 1.29 is 9.18 Å². The number of amides is 1. The fourth-order valence-electron chi connectivity index (χ4n) is 1.48. The lowest BCUT2D eigenvalue weighted by atomic mass is 10.2. The summed E-state index contributed by atoms with van der Waals surface area (Å²) < 4.78 is 14.6. The molecule has 1 N–H and O–H groups in total. The first-order chi connectivity index (χ1) is 9.01. The minimum Gasteiger partial charge on any atom is -0.304 e. The van der Waals surface area contributed by atoms with E-state index >= 15 is 0 Å². The van der Waals surface area contributed by atoms with E-state index in [0.29, 0.717) is 0 Å². The Balaban J connectivity index is 2.26. The molecule has 19 heavy (non-hydrogen) atoms. The molecule has 7 heteroatoms. The normalized spacial score (nSPS) is 10.0. The van der Waals surface area contributed by atoms with Crippen LogP contribution in [-0.2, 0) is 7.05 Å². The van der Waals surface area contributed by atoms with Crippen LogP contribution in [0.5, 0.6) is 0 Å². The summed E-state index contributed by atoms with van der Waals surface area (Å²) in [5.74, 6) is -1.12. The second-order valence-corrected chi connectivity index (χ2v) is 4.17. The Hall–Kier alpha value is -2.39. The zero-order chi connectivity index (χ0) is 14.0. The summed E-state index contributed by atoms with van der Waals surface area (Å²) >= 11 is 5.53. The Kier molecular flexibility index (Phi) is 3.49. The van der Waals surface area contributed by atoms with E-state index in [0.717, 1.165) is 6.07 Å². The number of rotatable bonds is 2. The maximum Gasteiger partial charge on any atom is 0.257 e. The van der Waals surface area contributed by atoms with Crippen molar-refractivity contribution in [1.29, 1.82) is 5.26 Å². The number of nitriles is 1. The Labute approximate surface area is 113 Å². The number of carbonyl (C=O) groups is 1. The standard InChI is InChI=1S/C12H8ClFN4O/c1-18-6-8(5-15)11(17-18)16-12(19)7-2-3-9(13)10(14)4-7/h2-4,6H,1H3,(H,16,17,19). The van der Waals surface area contributed by atoms with E-state index in [-0.39, 0.29) is 22.0 Å². The van der Waals surface area contributed by atoms with Crippen LogP contribution in [0.2, 0.25) is 5.02 Å². The Bertz CT molecular complexity index is 690. The van der Waals surface area contributed by atoms with Crippen molar-refractivity contribution in [1.82, 2.24) is 9.78 Å². The van der Waals surface area contributed by atoms with Gasteiger partial charge in [-0.1, -0.05) is 11.6 Å². The van der Waals surface area contributed by atoms with Crippen LogP contribution in [0.15, 0.2) is 24.4 Å². The van der Waals surface area contributed by atoms with Gasteiger partial charge in [0.15, 0.2) is 5.82 Å². The molecular weight excluding hydrogens is 271 g/mol. The zero-order valence-electron chi connectivity index (χ0n) is 9.82. The highest BCUT2D eigenvalue weighted by Crippen LogP contribution is 2.17. The number of carbonyl (C=O) groups excluding carboxylic acids is 1. The molecule has 1 amide bonds. The largest absolute Gasteiger partial charge is 0.304 e. The van der Waals surface area contributed by atoms with Crippen LogP contribution in [0.1, 0.15) is 15.9 Å². The minimum absolute atomic E-state index is 0.0629. The summed E-state index contributed by atoms with van der Waals surface area (Å²) in [6.45, 7) is 0. The van der Waals surface area contributed by atoms with Crippen molar-refractivity contribution in [3.05, 3.63) is 46.4 Å². The van der Waals surface area contributed by atoms with Crippen LogP contribution in [0.3, 0.4) is 0 Å². The second kappa shape index (κ2) is 5.08. The van der Waals surface area contributed by atoms with Gasteiger partial charge in [0.05, 0.1) is 5.02 Å². The molecule has 96 valence electrons. The molecule has 0 atom stereocenters. The highest BCUT2D eigenvalue weighted by atomic mass is 35.5. The van der Waals surface area contributed by atoms with Crippen LogP contribution in [-0.4, -0.2) is 15.7 Å². The molecule has 0 saturated carbocycles. The van der Waals surface area contributed by atoms with Gasteiger partial charge in [0.1, 0.15) is 17.4 Å². The highest BCUT2D eigenvalue weighted by molar-refractivity contribution is 6.30. The van der Waals surface area contributed by atoms with Crippen molar-refractivity contribution in [3.63, 3.8) is 0 Å². The number of halogens is 2. The summed E-state index contributed by atoms with van der Waals surface area (Å²) in [5.41, 5.74) is 0.321. The van der Waals surface area contributed by atoms with Gasteiger partial charge in [-0.25, -0.2) is 4.39 Å². The minimum atomic E-state index is -0.684. The lowest BCUT2D eigenvalue weighted by Gasteiger charge is -2.03. The lowest BCUT2D eigenvalue weighted by molar-refractivity contribution is 0.102. The molecule has 2 aromatic rings. The van der Waals surface area contributed by atoms with Gasteiger partial charge in [0.2, 0.25) is 0 Å². The van der Waals surface area contributed by atoms with Crippen molar-refractivity contribution >= 4 is 23.3 Å². The fourth-order valence-corrected chi connectivity index (χ4v) is 1.60. The van der Waals surface area contributed by atoms with Crippen LogP contribution < -0.4 is 5.32 Å². The average molecular weight is 279 g/mol. The third kappa shape index (κ3) is 2.72. The first-order valence-corrected chi connectivity index (χ1v) is 5.59. The summed E-state index contributed by atoms with van der Waals surface area (Å²) in [4.78, 5) is 11.9. The molecule has 0 aliphatic rings. The molecule has 0 fully saturated rings. The monoisotopic (exact) mass is 278 g/mol. The summed E-state index contributed by atoms with van der Waals surface area (Å²) in [6, 6.07) is 5.59. The predicted molar refractivity (Wildman–Crippen MR) is 67.3 cm³/mol. The van der Waals surface area contributed by atoms with E-state index in [4.69, 9.17) is 16.9 Å².